The Hall–Kier alpha value is -5.91. The number of imidazole rings is 2. The van der Waals surface area contributed by atoms with Gasteiger partial charge in [0.1, 0.15) is 29.4 Å². The van der Waals surface area contributed by atoms with Crippen LogP contribution in [0.3, 0.4) is 0 Å². The van der Waals surface area contributed by atoms with Crippen molar-refractivity contribution in [1.82, 2.24) is 45.4 Å². The summed E-state index contributed by atoms with van der Waals surface area (Å²) in [5, 5.41) is 5.36. The smallest absolute Gasteiger partial charge is 0.407 e. The maximum absolute atomic E-state index is 13.5. The highest BCUT2D eigenvalue weighted by molar-refractivity contribution is 5.87. The van der Waals surface area contributed by atoms with E-state index in [1.165, 1.54) is 14.2 Å². The topological polar surface area (TPSA) is 188 Å². The summed E-state index contributed by atoms with van der Waals surface area (Å²) in [6, 6.07) is 7.63. The molecule has 54 heavy (non-hydrogen) atoms. The van der Waals surface area contributed by atoms with Crippen LogP contribution < -0.4 is 10.6 Å². The Balaban J connectivity index is 1.12. The van der Waals surface area contributed by atoms with Crippen LogP contribution in [0.4, 0.5) is 9.59 Å². The highest BCUT2D eigenvalue weighted by atomic mass is 16.5. The van der Waals surface area contributed by atoms with Gasteiger partial charge in [0.2, 0.25) is 11.8 Å². The van der Waals surface area contributed by atoms with Crippen LogP contribution in [0.25, 0.3) is 22.3 Å². The average molecular weight is 738 g/mol. The van der Waals surface area contributed by atoms with Gasteiger partial charge in [-0.05, 0) is 73.8 Å². The summed E-state index contributed by atoms with van der Waals surface area (Å²) in [4.78, 5) is 75.2. The second-order valence-corrected chi connectivity index (χ2v) is 14.3. The molecule has 15 nitrogen and oxygen atoms in total. The van der Waals surface area contributed by atoms with Crippen molar-refractivity contribution >= 4 is 35.0 Å². The quantitative estimate of drug-likeness (QED) is 0.175. The Labute approximate surface area is 314 Å². The van der Waals surface area contributed by atoms with E-state index in [-0.39, 0.29) is 35.7 Å². The number of carbonyl (C=O) groups excluding carboxylic acids is 4. The number of hydrogen-bond acceptors (Lipinski definition) is 9. The van der Waals surface area contributed by atoms with Gasteiger partial charge in [-0.15, -0.1) is 0 Å². The van der Waals surface area contributed by atoms with Crippen LogP contribution in [0, 0.1) is 23.7 Å². The van der Waals surface area contributed by atoms with Gasteiger partial charge in [-0.2, -0.15) is 0 Å². The third kappa shape index (κ3) is 8.17. The lowest BCUT2D eigenvalue weighted by atomic mass is 10.0. The number of nitrogens with zero attached hydrogens (tertiary/aromatic N) is 5. The molecule has 0 aliphatic carbocycles. The highest BCUT2D eigenvalue weighted by Gasteiger charge is 2.39. The van der Waals surface area contributed by atoms with Crippen LogP contribution in [0.15, 0.2) is 42.7 Å². The van der Waals surface area contributed by atoms with E-state index < -0.39 is 24.3 Å². The highest BCUT2D eigenvalue weighted by Crippen LogP contribution is 2.34. The first-order valence-electron chi connectivity index (χ1n) is 18.3. The van der Waals surface area contributed by atoms with Crippen LogP contribution in [0.1, 0.15) is 88.4 Å². The molecule has 0 radical (unpaired) electrons. The lowest BCUT2D eigenvalue weighted by molar-refractivity contribution is -0.136. The fourth-order valence-electron chi connectivity index (χ4n) is 7.07. The van der Waals surface area contributed by atoms with Gasteiger partial charge in [-0.3, -0.25) is 9.59 Å². The first kappa shape index (κ1) is 37.8. The summed E-state index contributed by atoms with van der Waals surface area (Å²) in [5.74, 6) is 7.15. The van der Waals surface area contributed by atoms with Gasteiger partial charge in [0.25, 0.3) is 0 Å². The number of pyridine rings is 1. The monoisotopic (exact) mass is 737 g/mol. The van der Waals surface area contributed by atoms with Crippen molar-refractivity contribution in [3.8, 4) is 23.1 Å². The molecule has 0 spiro atoms. The maximum Gasteiger partial charge on any atom is 0.407 e. The van der Waals surface area contributed by atoms with Crippen molar-refractivity contribution in [3.63, 3.8) is 0 Å². The van der Waals surface area contributed by atoms with E-state index in [4.69, 9.17) is 14.5 Å². The summed E-state index contributed by atoms with van der Waals surface area (Å²) in [7, 11) is 2.56. The molecule has 3 aromatic heterocycles. The molecule has 4 aromatic rings. The van der Waals surface area contributed by atoms with Crippen molar-refractivity contribution in [2.45, 2.75) is 77.5 Å². The van der Waals surface area contributed by atoms with Crippen LogP contribution in [-0.2, 0) is 19.1 Å². The van der Waals surface area contributed by atoms with Crippen LogP contribution >= 0.6 is 0 Å². The molecular formula is C39H47N9O6. The number of aromatic amines is 2. The zero-order valence-electron chi connectivity index (χ0n) is 31.4. The second kappa shape index (κ2) is 16.4. The lowest BCUT2D eigenvalue weighted by Crippen LogP contribution is -2.51. The molecule has 1 aromatic carbocycles. The molecule has 2 aliphatic rings. The first-order chi connectivity index (χ1) is 26.0. The first-order valence-corrected chi connectivity index (χ1v) is 18.3. The Morgan fingerprint density at radius 1 is 0.778 bits per heavy atom. The predicted octanol–water partition coefficient (Wildman–Crippen LogP) is 4.84. The van der Waals surface area contributed by atoms with Gasteiger partial charge in [0, 0.05) is 30.4 Å². The largest absolute Gasteiger partial charge is 0.453 e. The van der Waals surface area contributed by atoms with E-state index in [1.54, 1.807) is 22.2 Å². The molecule has 5 heterocycles. The zero-order valence-corrected chi connectivity index (χ0v) is 31.4. The summed E-state index contributed by atoms with van der Waals surface area (Å²) < 4.78 is 9.48. The van der Waals surface area contributed by atoms with E-state index in [9.17, 15) is 19.2 Å². The molecule has 4 N–H and O–H groups in total. The minimum atomic E-state index is -0.703. The Kier molecular flexibility index (Phi) is 11.5. The molecule has 4 unspecified atom stereocenters. The van der Waals surface area contributed by atoms with Crippen molar-refractivity contribution in [1.29, 1.82) is 0 Å². The number of nitrogens with one attached hydrogen (secondary N) is 4. The normalized spacial score (nSPS) is 18.0. The molecule has 4 amide bonds. The number of likely N-dealkylation sites (tertiary alicyclic amines) is 2. The molecule has 2 fully saturated rings. The number of amides is 4. The third-order valence-electron chi connectivity index (χ3n) is 9.99. The van der Waals surface area contributed by atoms with Crippen molar-refractivity contribution in [3.05, 3.63) is 65.6 Å². The second-order valence-electron chi connectivity index (χ2n) is 14.3. The molecule has 4 atom stereocenters. The van der Waals surface area contributed by atoms with Crippen molar-refractivity contribution in [2.24, 2.45) is 11.8 Å². The molecule has 0 bridgehead atoms. The van der Waals surface area contributed by atoms with Crippen LogP contribution in [0.2, 0.25) is 0 Å². The molecule has 6 rings (SSSR count). The maximum atomic E-state index is 13.5. The number of alkyl carbamates (subject to hydrolysis) is 2. The fourth-order valence-corrected chi connectivity index (χ4v) is 7.07. The van der Waals surface area contributed by atoms with Gasteiger partial charge in [-0.1, -0.05) is 33.6 Å². The van der Waals surface area contributed by atoms with Gasteiger partial charge in [0.05, 0.1) is 49.2 Å². The number of carbonyl (C=O) groups is 4. The Morgan fingerprint density at radius 2 is 1.39 bits per heavy atom. The van der Waals surface area contributed by atoms with Crippen LogP contribution in [-0.4, -0.2) is 98.1 Å². The minimum absolute atomic E-state index is 0.117. The van der Waals surface area contributed by atoms with Gasteiger partial charge >= 0.3 is 12.2 Å². The number of ether oxygens (including phenoxy) is 2. The van der Waals surface area contributed by atoms with E-state index in [2.05, 4.69) is 42.4 Å². The van der Waals surface area contributed by atoms with Gasteiger partial charge in [-0.25, -0.2) is 24.5 Å². The third-order valence-corrected chi connectivity index (χ3v) is 9.99. The number of fused-ring (bicyclic) bond motifs is 1. The van der Waals surface area contributed by atoms with E-state index in [0.717, 1.165) is 53.5 Å². The lowest BCUT2D eigenvalue weighted by Gasteiger charge is -2.30. The number of methoxy groups -OCH3 is 2. The zero-order chi connectivity index (χ0) is 38.5. The molecule has 2 aliphatic heterocycles. The van der Waals surface area contributed by atoms with Crippen molar-refractivity contribution < 1.29 is 28.7 Å². The fraction of sp³-hybridized carbons (Fsp3) is 0.462. The van der Waals surface area contributed by atoms with E-state index >= 15 is 0 Å². The van der Waals surface area contributed by atoms with Gasteiger partial charge < -0.3 is 39.9 Å². The molecule has 2 saturated heterocycles. The molecule has 284 valence electrons. The summed E-state index contributed by atoms with van der Waals surface area (Å²) in [6.07, 6.45) is 5.38. The standard InChI is InChI=1S/C39H47N9O6/c1-22(2)32(45-38(51)53-5)36(49)47-17-7-9-30(47)34-41-21-29(44-34)25-13-15-26(40-20-25)14-11-24-12-16-27-28(19-24)43-35(42-27)31-10-8-18-48(31)37(50)33(23(3)4)46-39(52)54-6/h12-13,15-16,19-23,30-33H,7-10,17-18H2,1-6H3,(H,41,44)(H,42,43)(H,45,51)(H,46,52). The average Bonchev–Trinajstić information content (AvgIpc) is 4.00. The summed E-state index contributed by atoms with van der Waals surface area (Å²) in [6.45, 7) is 8.70. The molecule has 0 saturated carbocycles. The van der Waals surface area contributed by atoms with E-state index in [0.29, 0.717) is 30.4 Å². The summed E-state index contributed by atoms with van der Waals surface area (Å²) in [5.41, 5.74) is 4.55. The van der Waals surface area contributed by atoms with Gasteiger partial charge in [0.15, 0.2) is 0 Å². The summed E-state index contributed by atoms with van der Waals surface area (Å²) >= 11 is 0. The van der Waals surface area contributed by atoms with E-state index in [1.807, 2.05) is 58.0 Å². The Bertz CT molecular complexity index is 2060. The number of H-pyrrole nitrogens is 2. The number of hydrogen-bond donors (Lipinski definition) is 4. The Morgan fingerprint density at radius 3 is 1.94 bits per heavy atom. The molecular weight excluding hydrogens is 690 g/mol. The number of benzene rings is 1. The predicted molar refractivity (Wildman–Crippen MR) is 200 cm³/mol. The minimum Gasteiger partial charge on any atom is -0.453 e. The SMILES string of the molecule is COC(=O)NC(C(=O)N1CCCC1c1ncc(-c2ccc(C#Cc3ccc4nc(C5CCCN5C(=O)C(NC(=O)OC)C(C)C)[nH]c4c3)nc2)[nH]1)C(C)C. The van der Waals surface area contributed by atoms with Crippen LogP contribution in [0.5, 0.6) is 0 Å². The molecule has 15 heteroatoms. The number of aromatic nitrogens is 5. The number of rotatable bonds is 9. The van der Waals surface area contributed by atoms with Crippen molar-refractivity contribution in [2.75, 3.05) is 27.3 Å².